The number of hydrogen-bond acceptors (Lipinski definition) is 2. The minimum atomic E-state index is -0.221. The molecule has 1 aliphatic heterocycles. The second kappa shape index (κ2) is 8.52. The number of piperazine rings is 1. The smallest absolute Gasteiger partial charge is 0.278 e. The van der Waals surface area contributed by atoms with Crippen molar-refractivity contribution in [2.45, 2.75) is 19.5 Å². The first-order valence-corrected chi connectivity index (χ1v) is 9.28. The minimum absolute atomic E-state index is 0.0372. The number of amides is 1. The van der Waals surface area contributed by atoms with E-state index in [9.17, 15) is 9.18 Å². The summed E-state index contributed by atoms with van der Waals surface area (Å²) in [7, 11) is 0. The largest absolute Gasteiger partial charge is 0.360 e. The first-order chi connectivity index (χ1) is 12.5. The molecule has 0 unspecified atom stereocenters. The molecule has 1 fully saturated rings. The first-order valence-electron chi connectivity index (χ1n) is 8.91. The highest BCUT2D eigenvalue weighted by molar-refractivity contribution is 6.31. The van der Waals surface area contributed by atoms with Crippen LogP contribution in [-0.2, 0) is 11.3 Å². The van der Waals surface area contributed by atoms with E-state index in [1.807, 2.05) is 31.2 Å². The van der Waals surface area contributed by atoms with E-state index in [4.69, 9.17) is 11.6 Å². The predicted molar refractivity (Wildman–Crippen MR) is 102 cm³/mol. The first kappa shape index (κ1) is 18.7. The summed E-state index contributed by atoms with van der Waals surface area (Å²) in [5, 5.41) is 3.65. The third kappa shape index (κ3) is 4.54. The van der Waals surface area contributed by atoms with Crippen LogP contribution in [0.3, 0.4) is 0 Å². The van der Waals surface area contributed by atoms with E-state index in [-0.39, 0.29) is 17.8 Å². The summed E-state index contributed by atoms with van der Waals surface area (Å²) >= 11 is 6.13. The average Bonchev–Trinajstić information content (AvgIpc) is 2.67. The van der Waals surface area contributed by atoms with E-state index >= 15 is 0 Å². The second-order valence-corrected chi connectivity index (χ2v) is 7.06. The minimum Gasteiger partial charge on any atom is -0.360 e. The van der Waals surface area contributed by atoms with Crippen LogP contribution in [-0.4, -0.2) is 38.1 Å². The molecule has 2 N–H and O–H groups in total. The summed E-state index contributed by atoms with van der Waals surface area (Å²) in [6.07, 6.45) is 0. The van der Waals surface area contributed by atoms with Crippen molar-refractivity contribution >= 4 is 23.2 Å². The monoisotopic (exact) mass is 376 g/mol. The van der Waals surface area contributed by atoms with Gasteiger partial charge in [0.2, 0.25) is 0 Å². The molecule has 0 radical (unpaired) electrons. The van der Waals surface area contributed by atoms with E-state index < -0.39 is 0 Å². The molecule has 26 heavy (non-hydrogen) atoms. The second-order valence-electron chi connectivity index (χ2n) is 6.65. The fourth-order valence-electron chi connectivity index (χ4n) is 3.30. The Morgan fingerprint density at radius 3 is 2.50 bits per heavy atom. The van der Waals surface area contributed by atoms with Crippen molar-refractivity contribution in [1.29, 1.82) is 0 Å². The lowest BCUT2D eigenvalue weighted by atomic mass is 10.2. The van der Waals surface area contributed by atoms with Gasteiger partial charge in [-0.25, -0.2) is 4.39 Å². The van der Waals surface area contributed by atoms with Crippen molar-refractivity contribution in [3.63, 3.8) is 0 Å². The fraction of sp³-hybridized carbons (Fsp3) is 0.350. The molecule has 0 spiro atoms. The van der Waals surface area contributed by atoms with Gasteiger partial charge in [0.05, 0.1) is 26.2 Å². The van der Waals surface area contributed by atoms with Crippen LogP contribution in [0.25, 0.3) is 0 Å². The highest BCUT2D eigenvalue weighted by Gasteiger charge is 2.29. The molecule has 1 aliphatic rings. The molecule has 6 heteroatoms. The Bertz CT molecular complexity index is 745. The van der Waals surface area contributed by atoms with Gasteiger partial charge in [0.15, 0.2) is 6.04 Å². The molecule has 0 aromatic heterocycles. The molecular formula is C20H24ClFN3O+. The Kier molecular flexibility index (Phi) is 6.12. The summed E-state index contributed by atoms with van der Waals surface area (Å²) in [4.78, 5) is 16.0. The van der Waals surface area contributed by atoms with Crippen LogP contribution < -0.4 is 15.1 Å². The van der Waals surface area contributed by atoms with Crippen molar-refractivity contribution in [3.8, 4) is 0 Å². The molecule has 2 aromatic carbocycles. The van der Waals surface area contributed by atoms with E-state index in [0.717, 1.165) is 37.4 Å². The molecule has 0 saturated carbocycles. The van der Waals surface area contributed by atoms with Gasteiger partial charge in [-0.1, -0.05) is 29.8 Å². The number of rotatable bonds is 5. The lowest BCUT2D eigenvalue weighted by molar-refractivity contribution is -0.914. The average molecular weight is 377 g/mol. The fourth-order valence-corrected chi connectivity index (χ4v) is 3.50. The van der Waals surface area contributed by atoms with E-state index in [1.54, 1.807) is 12.1 Å². The van der Waals surface area contributed by atoms with Gasteiger partial charge in [-0.15, -0.1) is 0 Å². The number of benzene rings is 2. The Balaban J connectivity index is 1.49. The Morgan fingerprint density at radius 1 is 1.19 bits per heavy atom. The van der Waals surface area contributed by atoms with Gasteiger partial charge in [-0.05, 0) is 42.8 Å². The molecule has 0 bridgehead atoms. The lowest BCUT2D eigenvalue weighted by Crippen LogP contribution is -3.19. The van der Waals surface area contributed by atoms with Crippen molar-refractivity contribution < 1.29 is 14.1 Å². The predicted octanol–water partition coefficient (Wildman–Crippen LogP) is 1.89. The molecule has 2 aromatic rings. The molecule has 3 rings (SSSR count). The molecule has 1 saturated heterocycles. The van der Waals surface area contributed by atoms with Crippen LogP contribution in [0.1, 0.15) is 12.5 Å². The molecule has 1 amide bonds. The Hall–Kier alpha value is -2.11. The zero-order chi connectivity index (χ0) is 18.5. The number of nitrogens with zero attached hydrogens (tertiary/aromatic N) is 1. The van der Waals surface area contributed by atoms with Gasteiger partial charge in [-0.3, -0.25) is 4.79 Å². The topological polar surface area (TPSA) is 36.8 Å². The quantitative estimate of drug-likeness (QED) is 0.836. The zero-order valence-electron chi connectivity index (χ0n) is 14.8. The third-order valence-electron chi connectivity index (χ3n) is 5.01. The van der Waals surface area contributed by atoms with Gasteiger partial charge in [0.1, 0.15) is 5.82 Å². The molecule has 1 heterocycles. The van der Waals surface area contributed by atoms with Gasteiger partial charge < -0.3 is 15.1 Å². The maximum Gasteiger partial charge on any atom is 0.278 e. The maximum absolute atomic E-state index is 13.1. The Labute approximate surface area is 158 Å². The lowest BCUT2D eigenvalue weighted by Gasteiger charge is -2.36. The van der Waals surface area contributed by atoms with Crippen molar-refractivity contribution in [1.82, 2.24) is 5.32 Å². The number of hydrogen-bond donors (Lipinski definition) is 2. The SMILES string of the molecule is C[C@H](C(=O)NCc1ccccc1Cl)[NH+]1CCN(c2ccc(F)cc2)CC1. The summed E-state index contributed by atoms with van der Waals surface area (Å²) < 4.78 is 13.1. The summed E-state index contributed by atoms with van der Waals surface area (Å²) in [6.45, 7) is 5.85. The molecular weight excluding hydrogens is 353 g/mol. The number of carbonyl (C=O) groups excluding carboxylic acids is 1. The van der Waals surface area contributed by atoms with E-state index in [2.05, 4.69) is 10.2 Å². The maximum atomic E-state index is 13.1. The zero-order valence-corrected chi connectivity index (χ0v) is 15.6. The Morgan fingerprint density at radius 2 is 1.85 bits per heavy atom. The van der Waals surface area contributed by atoms with E-state index in [1.165, 1.54) is 17.0 Å². The van der Waals surface area contributed by atoms with Crippen LogP contribution in [0.5, 0.6) is 0 Å². The van der Waals surface area contributed by atoms with Crippen LogP contribution in [0.4, 0.5) is 10.1 Å². The van der Waals surface area contributed by atoms with Gasteiger partial charge in [0.25, 0.3) is 5.91 Å². The van der Waals surface area contributed by atoms with Crippen molar-refractivity contribution in [2.75, 3.05) is 31.1 Å². The summed E-state index contributed by atoms with van der Waals surface area (Å²) in [6, 6.07) is 14.0. The highest BCUT2D eigenvalue weighted by Crippen LogP contribution is 2.15. The molecule has 1 atom stereocenters. The van der Waals surface area contributed by atoms with Crippen LogP contribution in [0, 0.1) is 5.82 Å². The molecule has 0 aliphatic carbocycles. The number of nitrogens with one attached hydrogen (secondary N) is 2. The highest BCUT2D eigenvalue weighted by atomic mass is 35.5. The number of halogens is 2. The standard InChI is InChI=1S/C20H23ClFN3O/c1-15(20(26)23-14-16-4-2-3-5-19(16)21)24-10-12-25(13-11-24)18-8-6-17(22)7-9-18/h2-9,15H,10-14H2,1H3,(H,23,26)/p+1/t15-/m1/s1. The van der Waals surface area contributed by atoms with Crippen molar-refractivity contribution in [3.05, 3.63) is 64.9 Å². The number of carbonyl (C=O) groups is 1. The number of quaternary nitrogens is 1. The molecule has 4 nitrogen and oxygen atoms in total. The van der Waals surface area contributed by atoms with Gasteiger partial charge in [0, 0.05) is 17.3 Å². The van der Waals surface area contributed by atoms with Gasteiger partial charge in [-0.2, -0.15) is 0 Å². The summed E-state index contributed by atoms with van der Waals surface area (Å²) in [5.74, 6) is -0.183. The summed E-state index contributed by atoms with van der Waals surface area (Å²) in [5.41, 5.74) is 1.95. The van der Waals surface area contributed by atoms with Crippen LogP contribution in [0.2, 0.25) is 5.02 Å². The number of anilines is 1. The van der Waals surface area contributed by atoms with E-state index in [0.29, 0.717) is 11.6 Å². The third-order valence-corrected chi connectivity index (χ3v) is 5.38. The van der Waals surface area contributed by atoms with Gasteiger partial charge >= 0.3 is 0 Å². The molecule has 138 valence electrons. The normalized spacial score (nSPS) is 16.3. The van der Waals surface area contributed by atoms with Crippen molar-refractivity contribution in [2.24, 2.45) is 0 Å². The van der Waals surface area contributed by atoms with Crippen LogP contribution in [0.15, 0.2) is 48.5 Å². The van der Waals surface area contributed by atoms with Crippen LogP contribution >= 0.6 is 11.6 Å².